The number of esters is 1. The fourth-order valence-corrected chi connectivity index (χ4v) is 2.13. The van der Waals surface area contributed by atoms with E-state index in [0.717, 1.165) is 18.2 Å². The first-order valence-corrected chi connectivity index (χ1v) is 7.83. The first kappa shape index (κ1) is 20.4. The molecule has 0 aliphatic rings. The number of likely N-dealkylation sites (N-methyl/N-ethyl adjacent to an activating group) is 2. The number of hydrogen-bond donors (Lipinski definition) is 1. The van der Waals surface area contributed by atoms with Crippen LogP contribution in [0.15, 0.2) is 18.2 Å². The number of halogens is 1. The molecule has 1 aromatic rings. The van der Waals surface area contributed by atoms with Gasteiger partial charge in [0, 0.05) is 25.2 Å². The van der Waals surface area contributed by atoms with Gasteiger partial charge in [-0.1, -0.05) is 11.6 Å². The van der Waals surface area contributed by atoms with E-state index in [4.69, 9.17) is 16.3 Å². The number of nitro groups is 1. The van der Waals surface area contributed by atoms with Crippen LogP contribution in [0.1, 0.15) is 24.2 Å². The molecule has 0 saturated carbocycles. The van der Waals surface area contributed by atoms with Gasteiger partial charge in [0.1, 0.15) is 0 Å². The van der Waals surface area contributed by atoms with Crippen LogP contribution >= 0.6 is 11.6 Å². The molecular formula is C15H18ClN3O6. The van der Waals surface area contributed by atoms with Gasteiger partial charge in [-0.2, -0.15) is 0 Å². The third-order valence-corrected chi connectivity index (χ3v) is 3.47. The van der Waals surface area contributed by atoms with Crippen LogP contribution in [0.4, 0.5) is 5.69 Å². The SMILES string of the molecule is CCNC(=O)CN(CC)C(=O)COC(=O)c1ccc([N+](=O)[O-])cc1Cl. The molecule has 9 nitrogen and oxygen atoms in total. The molecule has 25 heavy (non-hydrogen) atoms. The molecule has 0 unspecified atom stereocenters. The van der Waals surface area contributed by atoms with Gasteiger partial charge < -0.3 is 15.0 Å². The zero-order valence-electron chi connectivity index (χ0n) is 13.8. The predicted octanol–water partition coefficient (Wildman–Crippen LogP) is 1.39. The third-order valence-electron chi connectivity index (χ3n) is 3.15. The molecule has 0 aliphatic heterocycles. The number of carbonyl (C=O) groups excluding carboxylic acids is 3. The van der Waals surface area contributed by atoms with Crippen molar-refractivity contribution in [3.63, 3.8) is 0 Å². The van der Waals surface area contributed by atoms with Crippen LogP contribution in [-0.4, -0.2) is 53.8 Å². The van der Waals surface area contributed by atoms with E-state index in [2.05, 4.69) is 5.32 Å². The summed E-state index contributed by atoms with van der Waals surface area (Å²) in [7, 11) is 0. The first-order valence-electron chi connectivity index (χ1n) is 7.45. The van der Waals surface area contributed by atoms with Crippen molar-refractivity contribution >= 4 is 35.1 Å². The Labute approximate surface area is 149 Å². The van der Waals surface area contributed by atoms with Crippen LogP contribution in [0.3, 0.4) is 0 Å². The largest absolute Gasteiger partial charge is 0.452 e. The Bertz CT molecular complexity index is 679. The monoisotopic (exact) mass is 371 g/mol. The standard InChI is InChI=1S/C15H18ClN3O6/c1-3-17-13(20)8-18(4-2)14(21)9-25-15(22)11-6-5-10(19(23)24)7-12(11)16/h5-7H,3-4,8-9H2,1-2H3,(H,17,20). The lowest BCUT2D eigenvalue weighted by molar-refractivity contribution is -0.384. The van der Waals surface area contributed by atoms with Gasteiger partial charge in [-0.15, -0.1) is 0 Å². The highest BCUT2D eigenvalue weighted by atomic mass is 35.5. The maximum absolute atomic E-state index is 12.0. The van der Waals surface area contributed by atoms with E-state index in [1.807, 2.05) is 0 Å². The van der Waals surface area contributed by atoms with Gasteiger partial charge in [0.15, 0.2) is 6.61 Å². The highest BCUT2D eigenvalue weighted by molar-refractivity contribution is 6.33. The van der Waals surface area contributed by atoms with E-state index in [1.165, 1.54) is 4.90 Å². The van der Waals surface area contributed by atoms with Crippen molar-refractivity contribution in [3.8, 4) is 0 Å². The van der Waals surface area contributed by atoms with E-state index >= 15 is 0 Å². The van der Waals surface area contributed by atoms with Crippen molar-refractivity contribution in [3.05, 3.63) is 38.9 Å². The minimum Gasteiger partial charge on any atom is -0.452 e. The average molecular weight is 372 g/mol. The second kappa shape index (κ2) is 9.58. The molecule has 136 valence electrons. The molecular weight excluding hydrogens is 354 g/mol. The Balaban J connectivity index is 2.67. The van der Waals surface area contributed by atoms with E-state index in [0.29, 0.717) is 6.54 Å². The van der Waals surface area contributed by atoms with E-state index in [1.54, 1.807) is 13.8 Å². The summed E-state index contributed by atoms with van der Waals surface area (Å²) in [5.74, 6) is -1.75. The van der Waals surface area contributed by atoms with Gasteiger partial charge in [0.05, 0.1) is 22.1 Å². The number of nitro benzene ring substituents is 1. The molecule has 0 bridgehead atoms. The number of carbonyl (C=O) groups is 3. The van der Waals surface area contributed by atoms with Crippen molar-refractivity contribution in [2.24, 2.45) is 0 Å². The summed E-state index contributed by atoms with van der Waals surface area (Å²) < 4.78 is 4.88. The van der Waals surface area contributed by atoms with Gasteiger partial charge in [0.25, 0.3) is 11.6 Å². The summed E-state index contributed by atoms with van der Waals surface area (Å²) in [6, 6.07) is 3.28. The lowest BCUT2D eigenvalue weighted by Gasteiger charge is -2.20. The summed E-state index contributed by atoms with van der Waals surface area (Å²) in [4.78, 5) is 46.7. The lowest BCUT2D eigenvalue weighted by Crippen LogP contribution is -2.42. The molecule has 0 aliphatic carbocycles. The third kappa shape index (κ3) is 6.03. The molecule has 0 heterocycles. The minimum atomic E-state index is -0.887. The van der Waals surface area contributed by atoms with Crippen LogP contribution in [-0.2, 0) is 14.3 Å². The number of rotatable bonds is 8. The summed E-state index contributed by atoms with van der Waals surface area (Å²) in [6.45, 7) is 3.44. The first-order chi connectivity index (χ1) is 11.8. The molecule has 0 radical (unpaired) electrons. The predicted molar refractivity (Wildman–Crippen MR) is 89.3 cm³/mol. The molecule has 1 aromatic carbocycles. The highest BCUT2D eigenvalue weighted by Gasteiger charge is 2.20. The number of nitrogens with zero attached hydrogens (tertiary/aromatic N) is 2. The maximum Gasteiger partial charge on any atom is 0.340 e. The summed E-state index contributed by atoms with van der Waals surface area (Å²) in [6.07, 6.45) is 0. The number of amides is 2. The number of benzene rings is 1. The Kier molecular flexibility index (Phi) is 7.80. The second-order valence-electron chi connectivity index (χ2n) is 4.86. The normalized spacial score (nSPS) is 10.0. The second-order valence-corrected chi connectivity index (χ2v) is 5.27. The van der Waals surface area contributed by atoms with Gasteiger partial charge >= 0.3 is 5.97 Å². The van der Waals surface area contributed by atoms with Gasteiger partial charge in [-0.25, -0.2) is 4.79 Å². The Hall–Kier alpha value is -2.68. The molecule has 10 heteroatoms. The lowest BCUT2D eigenvalue weighted by atomic mass is 10.2. The molecule has 1 N–H and O–H groups in total. The number of hydrogen-bond acceptors (Lipinski definition) is 6. The molecule has 1 rings (SSSR count). The fraction of sp³-hybridized carbons (Fsp3) is 0.400. The summed E-state index contributed by atoms with van der Waals surface area (Å²) in [5, 5.41) is 13.1. The van der Waals surface area contributed by atoms with E-state index in [9.17, 15) is 24.5 Å². The van der Waals surface area contributed by atoms with Gasteiger partial charge in [-0.3, -0.25) is 19.7 Å². The quantitative estimate of drug-likeness (QED) is 0.419. The maximum atomic E-state index is 12.0. The van der Waals surface area contributed by atoms with E-state index < -0.39 is 23.4 Å². The zero-order valence-corrected chi connectivity index (χ0v) is 14.5. The van der Waals surface area contributed by atoms with Crippen LogP contribution in [0, 0.1) is 10.1 Å². The Morgan fingerprint density at radius 1 is 1.32 bits per heavy atom. The van der Waals surface area contributed by atoms with E-state index in [-0.39, 0.29) is 35.3 Å². The molecule has 2 amide bonds. The number of ether oxygens (including phenoxy) is 1. The number of nitrogens with one attached hydrogen (secondary N) is 1. The highest BCUT2D eigenvalue weighted by Crippen LogP contribution is 2.23. The van der Waals surface area contributed by atoms with Crippen LogP contribution in [0.5, 0.6) is 0 Å². The van der Waals surface area contributed by atoms with Crippen molar-refractivity contribution in [2.75, 3.05) is 26.2 Å². The fourth-order valence-electron chi connectivity index (χ4n) is 1.88. The Morgan fingerprint density at radius 2 is 2.00 bits per heavy atom. The Morgan fingerprint density at radius 3 is 2.52 bits per heavy atom. The van der Waals surface area contributed by atoms with Crippen LogP contribution in [0.25, 0.3) is 0 Å². The molecule has 0 aromatic heterocycles. The molecule has 0 fully saturated rings. The average Bonchev–Trinajstić information content (AvgIpc) is 2.57. The van der Waals surface area contributed by atoms with Gasteiger partial charge in [0.2, 0.25) is 5.91 Å². The summed E-state index contributed by atoms with van der Waals surface area (Å²) in [5.41, 5.74) is -0.358. The van der Waals surface area contributed by atoms with Crippen molar-refractivity contribution in [2.45, 2.75) is 13.8 Å². The zero-order chi connectivity index (χ0) is 19.0. The minimum absolute atomic E-state index is 0.0909. The van der Waals surface area contributed by atoms with Crippen LogP contribution in [0.2, 0.25) is 5.02 Å². The molecule has 0 saturated heterocycles. The van der Waals surface area contributed by atoms with Crippen LogP contribution < -0.4 is 5.32 Å². The molecule has 0 spiro atoms. The summed E-state index contributed by atoms with van der Waals surface area (Å²) >= 11 is 5.82. The number of non-ortho nitro benzene ring substituents is 1. The molecule has 0 atom stereocenters. The van der Waals surface area contributed by atoms with Crippen molar-refractivity contribution in [1.29, 1.82) is 0 Å². The van der Waals surface area contributed by atoms with Gasteiger partial charge in [-0.05, 0) is 19.9 Å². The van der Waals surface area contributed by atoms with Crippen molar-refractivity contribution < 1.29 is 24.0 Å². The topological polar surface area (TPSA) is 119 Å². The van der Waals surface area contributed by atoms with Crippen molar-refractivity contribution in [1.82, 2.24) is 10.2 Å². The smallest absolute Gasteiger partial charge is 0.340 e.